The number of carbonyl (C=O) groups excluding carboxylic acids is 1. The Labute approximate surface area is 171 Å². The molecule has 4 nitrogen and oxygen atoms in total. The summed E-state index contributed by atoms with van der Waals surface area (Å²) in [6, 6.07) is 21.0. The molecule has 0 fully saturated rings. The van der Waals surface area contributed by atoms with Crippen LogP contribution in [0.4, 0.5) is 5.69 Å². The highest BCUT2D eigenvalue weighted by Gasteiger charge is 2.12. The molecule has 4 aromatic rings. The van der Waals surface area contributed by atoms with E-state index < -0.39 is 0 Å². The van der Waals surface area contributed by atoms with Gasteiger partial charge < -0.3 is 9.73 Å². The van der Waals surface area contributed by atoms with Gasteiger partial charge in [-0.2, -0.15) is 0 Å². The number of benzene rings is 3. The van der Waals surface area contributed by atoms with Crippen molar-refractivity contribution >= 4 is 38.6 Å². The Hall–Kier alpha value is -2.92. The summed E-state index contributed by atoms with van der Waals surface area (Å²) >= 11 is 3.40. The van der Waals surface area contributed by atoms with E-state index in [9.17, 15) is 4.79 Å². The number of nitrogens with one attached hydrogen (secondary N) is 1. The lowest BCUT2D eigenvalue weighted by Gasteiger charge is -2.06. The largest absolute Gasteiger partial charge is 0.436 e. The Kier molecular flexibility index (Phi) is 5.01. The van der Waals surface area contributed by atoms with Crippen molar-refractivity contribution in [3.63, 3.8) is 0 Å². The van der Waals surface area contributed by atoms with E-state index in [1.807, 2.05) is 48.5 Å². The van der Waals surface area contributed by atoms with Crippen LogP contribution in [0.25, 0.3) is 22.6 Å². The average molecular weight is 435 g/mol. The smallest absolute Gasteiger partial charge is 0.256 e. The maximum Gasteiger partial charge on any atom is 0.256 e. The minimum absolute atomic E-state index is 0.181. The highest BCUT2D eigenvalue weighted by molar-refractivity contribution is 9.10. The fourth-order valence-electron chi connectivity index (χ4n) is 2.98. The molecule has 0 bridgehead atoms. The lowest BCUT2D eigenvalue weighted by Crippen LogP contribution is -2.12. The van der Waals surface area contributed by atoms with Crippen molar-refractivity contribution in [1.82, 2.24) is 4.98 Å². The van der Waals surface area contributed by atoms with Gasteiger partial charge in [-0.15, -0.1) is 0 Å². The fraction of sp³-hybridized carbons (Fsp3) is 0.130. The molecule has 0 aliphatic rings. The van der Waals surface area contributed by atoms with Gasteiger partial charge in [-0.3, -0.25) is 4.79 Å². The Morgan fingerprint density at radius 2 is 1.79 bits per heavy atom. The molecule has 0 unspecified atom stereocenters. The summed E-state index contributed by atoms with van der Waals surface area (Å²) in [6.45, 7) is 4.33. The summed E-state index contributed by atoms with van der Waals surface area (Å²) in [5.41, 5.74) is 4.84. The zero-order valence-electron chi connectivity index (χ0n) is 15.6. The van der Waals surface area contributed by atoms with Gasteiger partial charge in [0, 0.05) is 15.7 Å². The number of rotatable bonds is 4. The van der Waals surface area contributed by atoms with Gasteiger partial charge in [0.05, 0.1) is 5.56 Å². The highest BCUT2D eigenvalue weighted by Crippen LogP contribution is 2.28. The molecular formula is C23H19BrN2O2. The van der Waals surface area contributed by atoms with Crippen LogP contribution in [0, 0.1) is 0 Å². The van der Waals surface area contributed by atoms with E-state index in [1.54, 1.807) is 6.07 Å². The zero-order chi connectivity index (χ0) is 19.7. The topological polar surface area (TPSA) is 55.1 Å². The first-order chi connectivity index (χ1) is 13.5. The number of aromatic nitrogens is 1. The monoisotopic (exact) mass is 434 g/mol. The van der Waals surface area contributed by atoms with Crippen molar-refractivity contribution in [3.8, 4) is 11.5 Å². The molecule has 28 heavy (non-hydrogen) atoms. The fourth-order valence-corrected chi connectivity index (χ4v) is 3.45. The molecule has 0 aliphatic heterocycles. The van der Waals surface area contributed by atoms with E-state index >= 15 is 0 Å². The van der Waals surface area contributed by atoms with Crippen LogP contribution >= 0.6 is 15.9 Å². The van der Waals surface area contributed by atoms with Crippen molar-refractivity contribution in [3.05, 3.63) is 82.3 Å². The van der Waals surface area contributed by atoms with Crippen LogP contribution in [0.3, 0.4) is 0 Å². The third-order valence-corrected chi connectivity index (χ3v) is 5.28. The molecule has 0 saturated heterocycles. The average Bonchev–Trinajstić information content (AvgIpc) is 3.11. The predicted molar refractivity (Wildman–Crippen MR) is 116 cm³/mol. The van der Waals surface area contributed by atoms with Crippen LogP contribution in [0.1, 0.15) is 35.7 Å². The number of halogens is 1. The number of hydrogen-bond donors (Lipinski definition) is 1. The number of oxazole rings is 1. The number of carbonyl (C=O) groups is 1. The van der Waals surface area contributed by atoms with Crippen LogP contribution in [0.2, 0.25) is 0 Å². The van der Waals surface area contributed by atoms with E-state index in [2.05, 4.69) is 52.2 Å². The Morgan fingerprint density at radius 3 is 2.50 bits per heavy atom. The standard InChI is InChI=1S/C23H19BrN2O2/c1-14(2)15-7-9-16(10-8-15)23-26-20-13-17(11-12-21(20)28-23)25-22(27)18-5-3-4-6-19(18)24/h3-14H,1-2H3,(H,25,27). The van der Waals surface area contributed by atoms with Gasteiger partial charge in [0.2, 0.25) is 5.89 Å². The number of fused-ring (bicyclic) bond motifs is 1. The molecule has 0 radical (unpaired) electrons. The third-order valence-electron chi connectivity index (χ3n) is 4.59. The highest BCUT2D eigenvalue weighted by atomic mass is 79.9. The van der Waals surface area contributed by atoms with Crippen LogP contribution < -0.4 is 5.32 Å². The number of amides is 1. The maximum atomic E-state index is 12.5. The summed E-state index contributed by atoms with van der Waals surface area (Å²) in [6.07, 6.45) is 0. The van der Waals surface area contributed by atoms with Crippen LogP contribution in [-0.4, -0.2) is 10.9 Å². The van der Waals surface area contributed by atoms with Crippen molar-refractivity contribution in [2.75, 3.05) is 5.32 Å². The summed E-state index contributed by atoms with van der Waals surface area (Å²) in [5, 5.41) is 2.91. The first-order valence-electron chi connectivity index (χ1n) is 9.08. The summed E-state index contributed by atoms with van der Waals surface area (Å²) in [5.74, 6) is 0.868. The van der Waals surface area contributed by atoms with Gasteiger partial charge in [0.1, 0.15) is 5.52 Å². The summed E-state index contributed by atoms with van der Waals surface area (Å²) in [7, 11) is 0. The molecule has 3 aromatic carbocycles. The summed E-state index contributed by atoms with van der Waals surface area (Å²) < 4.78 is 6.64. The molecule has 5 heteroatoms. The predicted octanol–water partition coefficient (Wildman–Crippen LogP) is 6.63. The quantitative estimate of drug-likeness (QED) is 0.391. The van der Waals surface area contributed by atoms with Gasteiger partial charge in [0.25, 0.3) is 5.91 Å². The van der Waals surface area contributed by atoms with Crippen LogP contribution in [-0.2, 0) is 0 Å². The lowest BCUT2D eigenvalue weighted by atomic mass is 10.0. The van der Waals surface area contributed by atoms with Crippen molar-refractivity contribution in [1.29, 1.82) is 0 Å². The van der Waals surface area contributed by atoms with Gasteiger partial charge in [0.15, 0.2) is 5.58 Å². The molecule has 1 aromatic heterocycles. The van der Waals surface area contributed by atoms with Gasteiger partial charge in [-0.05, 0) is 69.9 Å². The van der Waals surface area contributed by atoms with Gasteiger partial charge >= 0.3 is 0 Å². The number of hydrogen-bond acceptors (Lipinski definition) is 3. The van der Waals surface area contributed by atoms with E-state index in [0.717, 1.165) is 10.0 Å². The van der Waals surface area contributed by atoms with Gasteiger partial charge in [-0.1, -0.05) is 38.1 Å². The number of nitrogens with zero attached hydrogens (tertiary/aromatic N) is 1. The Morgan fingerprint density at radius 1 is 1.04 bits per heavy atom. The lowest BCUT2D eigenvalue weighted by molar-refractivity contribution is 0.102. The van der Waals surface area contributed by atoms with Crippen molar-refractivity contribution in [2.45, 2.75) is 19.8 Å². The van der Waals surface area contributed by atoms with Crippen molar-refractivity contribution < 1.29 is 9.21 Å². The second-order valence-corrected chi connectivity index (χ2v) is 7.77. The van der Waals surface area contributed by atoms with E-state index in [0.29, 0.717) is 34.2 Å². The normalized spacial score (nSPS) is 11.1. The van der Waals surface area contributed by atoms with Crippen LogP contribution in [0.5, 0.6) is 0 Å². The minimum atomic E-state index is -0.181. The van der Waals surface area contributed by atoms with Crippen molar-refractivity contribution in [2.24, 2.45) is 0 Å². The number of anilines is 1. The first kappa shape index (κ1) is 18.4. The Balaban J connectivity index is 1.60. The Bertz CT molecular complexity index is 1150. The SMILES string of the molecule is CC(C)c1ccc(-c2nc3cc(NC(=O)c4ccccc4Br)ccc3o2)cc1. The molecule has 1 N–H and O–H groups in total. The molecule has 1 heterocycles. The third kappa shape index (κ3) is 3.71. The molecule has 140 valence electrons. The van der Waals surface area contributed by atoms with E-state index in [1.165, 1.54) is 5.56 Å². The molecule has 4 rings (SSSR count). The van der Waals surface area contributed by atoms with Gasteiger partial charge in [-0.25, -0.2) is 4.98 Å². The van der Waals surface area contributed by atoms with E-state index in [-0.39, 0.29) is 5.91 Å². The zero-order valence-corrected chi connectivity index (χ0v) is 17.2. The maximum absolute atomic E-state index is 12.5. The molecule has 0 spiro atoms. The summed E-state index contributed by atoms with van der Waals surface area (Å²) in [4.78, 5) is 17.1. The second kappa shape index (κ2) is 7.60. The molecule has 1 amide bonds. The molecule has 0 atom stereocenters. The van der Waals surface area contributed by atoms with E-state index in [4.69, 9.17) is 4.42 Å². The van der Waals surface area contributed by atoms with Crippen LogP contribution in [0.15, 0.2) is 75.6 Å². The first-order valence-corrected chi connectivity index (χ1v) is 9.87. The minimum Gasteiger partial charge on any atom is -0.436 e. The second-order valence-electron chi connectivity index (χ2n) is 6.91. The molecule has 0 aliphatic carbocycles. The molecule has 0 saturated carbocycles. The molecular weight excluding hydrogens is 416 g/mol.